The van der Waals surface area contributed by atoms with E-state index in [0.717, 1.165) is 63.6 Å². The Kier molecular flexibility index (Phi) is 7.99. The Morgan fingerprint density at radius 3 is 2.70 bits per heavy atom. The van der Waals surface area contributed by atoms with Gasteiger partial charge in [-0.15, -0.1) is 0 Å². The predicted molar refractivity (Wildman–Crippen MR) is 134 cm³/mol. The molecule has 2 fully saturated rings. The summed E-state index contributed by atoms with van der Waals surface area (Å²) >= 11 is 6.45. The van der Waals surface area contributed by atoms with E-state index in [4.69, 9.17) is 22.1 Å². The van der Waals surface area contributed by atoms with Crippen LogP contribution in [-0.4, -0.2) is 61.8 Å². The van der Waals surface area contributed by atoms with E-state index in [1.54, 1.807) is 6.20 Å². The molecule has 4 rings (SSSR count). The molecule has 178 valence electrons. The summed E-state index contributed by atoms with van der Waals surface area (Å²) in [6.45, 7) is 7.67. The zero-order valence-corrected chi connectivity index (χ0v) is 20.2. The minimum atomic E-state index is -0.194. The summed E-state index contributed by atoms with van der Waals surface area (Å²) in [7, 11) is 0. The second-order valence-corrected chi connectivity index (χ2v) is 9.39. The fraction of sp³-hybridized carbons (Fsp3) is 0.500. The summed E-state index contributed by atoms with van der Waals surface area (Å²) in [5.74, 6) is 0.840. The van der Waals surface area contributed by atoms with Crippen LogP contribution in [0.1, 0.15) is 43.2 Å². The summed E-state index contributed by atoms with van der Waals surface area (Å²) in [5.41, 5.74) is 10.9. The highest BCUT2D eigenvalue weighted by molar-refractivity contribution is 6.30. The lowest BCUT2D eigenvalue weighted by atomic mass is 9.76. The van der Waals surface area contributed by atoms with Gasteiger partial charge in [0.25, 0.3) is 0 Å². The normalized spacial score (nSPS) is 23.4. The smallest absolute Gasteiger partial charge is 0.409 e. The summed E-state index contributed by atoms with van der Waals surface area (Å²) in [5, 5.41) is 4.21. The van der Waals surface area contributed by atoms with E-state index >= 15 is 0 Å². The molecule has 0 bridgehead atoms. The maximum absolute atomic E-state index is 12.2. The number of piperidine rings is 1. The molecule has 1 aliphatic carbocycles. The van der Waals surface area contributed by atoms with Crippen molar-refractivity contribution in [3.05, 3.63) is 64.0 Å². The quantitative estimate of drug-likeness (QED) is 0.684. The van der Waals surface area contributed by atoms with Crippen molar-refractivity contribution in [2.45, 2.75) is 32.1 Å². The monoisotopic (exact) mass is 470 g/mol. The van der Waals surface area contributed by atoms with Crippen molar-refractivity contribution < 1.29 is 9.53 Å². The third-order valence-electron chi connectivity index (χ3n) is 7.01. The number of carbonyl (C=O) groups is 1. The molecule has 2 saturated heterocycles. The van der Waals surface area contributed by atoms with Crippen molar-refractivity contribution >= 4 is 23.8 Å². The predicted octanol–water partition coefficient (Wildman–Crippen LogP) is 4.34. The van der Waals surface area contributed by atoms with Gasteiger partial charge in [0.15, 0.2) is 0 Å². The van der Waals surface area contributed by atoms with Gasteiger partial charge in [0.1, 0.15) is 0 Å². The van der Waals surface area contributed by atoms with Crippen LogP contribution in [0.5, 0.6) is 0 Å². The summed E-state index contributed by atoms with van der Waals surface area (Å²) < 4.78 is 5.22. The van der Waals surface area contributed by atoms with Gasteiger partial charge in [0.05, 0.1) is 6.61 Å². The first-order chi connectivity index (χ1) is 16.1. The van der Waals surface area contributed by atoms with Crippen LogP contribution in [-0.2, 0) is 4.74 Å². The molecule has 7 heteroatoms. The molecule has 2 aliphatic heterocycles. The molecular formula is C26H35ClN4O2. The molecule has 1 amide bonds. The molecule has 1 aromatic carbocycles. The molecule has 1 atom stereocenters. The van der Waals surface area contributed by atoms with Gasteiger partial charge in [0, 0.05) is 50.0 Å². The number of fused-ring (bicyclic) bond motifs is 1. The fourth-order valence-electron chi connectivity index (χ4n) is 5.34. The molecule has 1 unspecified atom stereocenters. The standard InChI is InChI=1S/C26H35ClN4O2/c1-2-33-26(32)31-12-7-19(8-13-31)24-17-20(4-3-9-28)25(30-14-10-29-11-15-30)18-21-16-22(27)5-6-23(21)24/h3-6,9,16,18-19,24,29H,2,7-8,10-15,17,28H2,1H3/b9-3-,20-4+. The SMILES string of the molecule is CCOC(=O)N1CCC(C2C/C(=C\C=C/N)C(N3CCNCC3)=Cc3cc(Cl)ccc32)CC1. The highest BCUT2D eigenvalue weighted by Gasteiger charge is 2.34. The Hall–Kier alpha value is -2.44. The van der Waals surface area contributed by atoms with E-state index in [1.165, 1.54) is 22.4 Å². The van der Waals surface area contributed by atoms with Gasteiger partial charge >= 0.3 is 6.09 Å². The molecule has 3 N–H and O–H groups in total. The highest BCUT2D eigenvalue weighted by atomic mass is 35.5. The molecule has 0 spiro atoms. The number of benzene rings is 1. The summed E-state index contributed by atoms with van der Waals surface area (Å²) in [4.78, 5) is 16.5. The Bertz CT molecular complexity index is 928. The highest BCUT2D eigenvalue weighted by Crippen LogP contribution is 2.44. The van der Waals surface area contributed by atoms with E-state index in [9.17, 15) is 4.79 Å². The lowest BCUT2D eigenvalue weighted by Gasteiger charge is -2.37. The number of nitrogens with one attached hydrogen (secondary N) is 1. The zero-order chi connectivity index (χ0) is 23.2. The number of carbonyl (C=O) groups excluding carboxylic acids is 1. The van der Waals surface area contributed by atoms with Crippen LogP contribution in [0.25, 0.3) is 6.08 Å². The maximum atomic E-state index is 12.2. The van der Waals surface area contributed by atoms with Gasteiger partial charge in [-0.1, -0.05) is 23.7 Å². The van der Waals surface area contributed by atoms with Gasteiger partial charge in [-0.3, -0.25) is 0 Å². The van der Waals surface area contributed by atoms with Crippen molar-refractivity contribution in [1.82, 2.24) is 15.1 Å². The largest absolute Gasteiger partial charge is 0.450 e. The molecular weight excluding hydrogens is 436 g/mol. The lowest BCUT2D eigenvalue weighted by molar-refractivity contribution is 0.0887. The molecule has 0 aromatic heterocycles. The van der Waals surface area contributed by atoms with Gasteiger partial charge in [0.2, 0.25) is 0 Å². The lowest BCUT2D eigenvalue weighted by Crippen LogP contribution is -2.43. The van der Waals surface area contributed by atoms with Gasteiger partial charge in [-0.05, 0) is 85.2 Å². The second-order valence-electron chi connectivity index (χ2n) is 8.95. The summed E-state index contributed by atoms with van der Waals surface area (Å²) in [6.07, 6.45) is 10.7. The second kappa shape index (κ2) is 11.1. The van der Waals surface area contributed by atoms with Crippen molar-refractivity contribution in [2.75, 3.05) is 45.9 Å². The Balaban J connectivity index is 1.65. The number of allylic oxidation sites excluding steroid dienone is 3. The van der Waals surface area contributed by atoms with Crippen molar-refractivity contribution in [3.8, 4) is 0 Å². The van der Waals surface area contributed by atoms with E-state index in [0.29, 0.717) is 18.4 Å². The number of nitrogens with zero attached hydrogens (tertiary/aromatic N) is 2. The van der Waals surface area contributed by atoms with Gasteiger partial charge < -0.3 is 25.6 Å². The number of hydrogen-bond donors (Lipinski definition) is 2. The van der Waals surface area contributed by atoms with Gasteiger partial charge in [-0.2, -0.15) is 0 Å². The van der Waals surface area contributed by atoms with Crippen LogP contribution >= 0.6 is 11.6 Å². The molecule has 0 radical (unpaired) electrons. The molecule has 3 aliphatic rings. The maximum Gasteiger partial charge on any atom is 0.409 e. The van der Waals surface area contributed by atoms with Crippen LogP contribution in [0, 0.1) is 5.92 Å². The molecule has 0 saturated carbocycles. The topological polar surface area (TPSA) is 70.8 Å². The first-order valence-electron chi connectivity index (χ1n) is 12.1. The minimum absolute atomic E-state index is 0.194. The molecule has 6 nitrogen and oxygen atoms in total. The number of halogens is 1. The number of likely N-dealkylation sites (tertiary alicyclic amines) is 1. The number of amides is 1. The van der Waals surface area contributed by atoms with E-state index in [-0.39, 0.29) is 6.09 Å². The Labute approximate surface area is 202 Å². The van der Waals surface area contributed by atoms with Crippen LogP contribution in [0.4, 0.5) is 4.79 Å². The van der Waals surface area contributed by atoms with Crippen LogP contribution in [0.2, 0.25) is 5.02 Å². The van der Waals surface area contributed by atoms with E-state index in [1.807, 2.05) is 24.0 Å². The number of hydrogen-bond acceptors (Lipinski definition) is 5. The van der Waals surface area contributed by atoms with Crippen LogP contribution in [0.3, 0.4) is 0 Å². The number of nitrogens with two attached hydrogens (primary N) is 1. The third kappa shape index (κ3) is 5.56. The number of piperazine rings is 1. The van der Waals surface area contributed by atoms with E-state index in [2.05, 4.69) is 34.5 Å². The number of rotatable bonds is 4. The first-order valence-corrected chi connectivity index (χ1v) is 12.4. The average molecular weight is 471 g/mol. The van der Waals surface area contributed by atoms with Crippen molar-refractivity contribution in [3.63, 3.8) is 0 Å². The number of ether oxygens (including phenoxy) is 1. The van der Waals surface area contributed by atoms with E-state index < -0.39 is 0 Å². The van der Waals surface area contributed by atoms with Crippen molar-refractivity contribution in [2.24, 2.45) is 11.7 Å². The van der Waals surface area contributed by atoms with Crippen LogP contribution < -0.4 is 11.1 Å². The molecule has 1 aromatic rings. The Morgan fingerprint density at radius 1 is 1.24 bits per heavy atom. The molecule has 33 heavy (non-hydrogen) atoms. The minimum Gasteiger partial charge on any atom is -0.450 e. The summed E-state index contributed by atoms with van der Waals surface area (Å²) in [6, 6.07) is 6.31. The van der Waals surface area contributed by atoms with Gasteiger partial charge in [-0.25, -0.2) is 4.79 Å². The average Bonchev–Trinajstić information content (AvgIpc) is 3.00. The van der Waals surface area contributed by atoms with Crippen LogP contribution in [0.15, 0.2) is 47.8 Å². The molecule has 2 heterocycles. The third-order valence-corrected chi connectivity index (χ3v) is 7.25. The van der Waals surface area contributed by atoms with Crippen molar-refractivity contribution in [1.29, 1.82) is 0 Å². The first kappa shape index (κ1) is 23.7. The zero-order valence-electron chi connectivity index (χ0n) is 19.4. The fourth-order valence-corrected chi connectivity index (χ4v) is 5.53. The Morgan fingerprint density at radius 2 is 2.00 bits per heavy atom.